The maximum Gasteiger partial charge on any atom is 0.374 e. The van der Waals surface area contributed by atoms with Gasteiger partial charge in [0.2, 0.25) is 12.2 Å². The molecule has 0 saturated carbocycles. The van der Waals surface area contributed by atoms with Gasteiger partial charge in [-0.3, -0.25) is 4.79 Å². The number of carbonyl (C=O) groups is 2. The quantitative estimate of drug-likeness (QED) is 0.649. The molecule has 1 heterocycles. The molecule has 0 bridgehead atoms. The molecule has 0 aliphatic carbocycles. The maximum absolute atomic E-state index is 11.8. The molecule has 2 aromatic rings. The molecule has 0 aliphatic rings. The first-order valence-corrected chi connectivity index (χ1v) is 5.65. The van der Waals surface area contributed by atoms with Gasteiger partial charge in [0.15, 0.2) is 5.82 Å². The van der Waals surface area contributed by atoms with E-state index >= 15 is 0 Å². The van der Waals surface area contributed by atoms with Crippen LogP contribution >= 0.6 is 0 Å². The molecule has 1 aromatic heterocycles. The lowest BCUT2D eigenvalue weighted by molar-refractivity contribution is -0.105. The van der Waals surface area contributed by atoms with Crippen molar-refractivity contribution in [2.24, 2.45) is 7.05 Å². The van der Waals surface area contributed by atoms with Crippen molar-refractivity contribution in [1.29, 1.82) is 0 Å². The van der Waals surface area contributed by atoms with Crippen LogP contribution in [0.5, 0.6) is 0 Å². The van der Waals surface area contributed by atoms with E-state index in [9.17, 15) is 9.59 Å². The Labute approximate surface area is 110 Å². The summed E-state index contributed by atoms with van der Waals surface area (Å²) >= 11 is 0. The number of rotatable bonds is 5. The van der Waals surface area contributed by atoms with E-state index in [2.05, 4.69) is 10.3 Å². The largest absolute Gasteiger partial charge is 0.455 e. The SMILES string of the molecule is Cn1cc(NC=O)nc1C(=O)OCc1ccccc1. The third-order valence-electron chi connectivity index (χ3n) is 2.48. The zero-order valence-corrected chi connectivity index (χ0v) is 10.4. The normalized spacial score (nSPS) is 9.95. The van der Waals surface area contributed by atoms with Crippen LogP contribution in [0.1, 0.15) is 16.2 Å². The van der Waals surface area contributed by atoms with E-state index in [1.165, 1.54) is 10.8 Å². The molecule has 98 valence electrons. The number of amides is 1. The van der Waals surface area contributed by atoms with Gasteiger partial charge in [-0.1, -0.05) is 30.3 Å². The predicted octanol–water partition coefficient (Wildman–Crippen LogP) is 1.35. The fourth-order valence-electron chi connectivity index (χ4n) is 1.57. The van der Waals surface area contributed by atoms with Crippen molar-refractivity contribution in [2.75, 3.05) is 5.32 Å². The summed E-state index contributed by atoms with van der Waals surface area (Å²) in [6.45, 7) is 0.184. The van der Waals surface area contributed by atoms with Gasteiger partial charge >= 0.3 is 5.97 Å². The number of nitrogens with one attached hydrogen (secondary N) is 1. The molecule has 1 N–H and O–H groups in total. The van der Waals surface area contributed by atoms with E-state index in [0.717, 1.165) is 5.56 Å². The summed E-state index contributed by atoms with van der Waals surface area (Å²) in [7, 11) is 1.65. The minimum Gasteiger partial charge on any atom is -0.455 e. The maximum atomic E-state index is 11.8. The number of imidazole rings is 1. The van der Waals surface area contributed by atoms with Crippen LogP contribution < -0.4 is 5.32 Å². The zero-order valence-electron chi connectivity index (χ0n) is 10.4. The smallest absolute Gasteiger partial charge is 0.374 e. The van der Waals surface area contributed by atoms with Crippen LogP contribution in [-0.2, 0) is 23.2 Å². The minimum absolute atomic E-state index is 0.139. The van der Waals surface area contributed by atoms with Crippen molar-refractivity contribution >= 4 is 18.2 Å². The molecule has 0 fully saturated rings. The number of esters is 1. The average molecular weight is 259 g/mol. The second-order valence-electron chi connectivity index (χ2n) is 3.88. The highest BCUT2D eigenvalue weighted by Gasteiger charge is 2.15. The van der Waals surface area contributed by atoms with Crippen LogP contribution in [0.25, 0.3) is 0 Å². The van der Waals surface area contributed by atoms with E-state index in [4.69, 9.17) is 4.74 Å². The second-order valence-corrected chi connectivity index (χ2v) is 3.88. The third-order valence-corrected chi connectivity index (χ3v) is 2.48. The Bertz CT molecular complexity index is 578. The molecule has 1 amide bonds. The fourth-order valence-corrected chi connectivity index (χ4v) is 1.57. The highest BCUT2D eigenvalue weighted by molar-refractivity contribution is 5.86. The van der Waals surface area contributed by atoms with Crippen LogP contribution in [0.4, 0.5) is 5.82 Å². The number of ether oxygens (including phenoxy) is 1. The van der Waals surface area contributed by atoms with Crippen molar-refractivity contribution in [3.8, 4) is 0 Å². The van der Waals surface area contributed by atoms with Crippen molar-refractivity contribution in [3.05, 3.63) is 47.9 Å². The number of nitrogens with zero attached hydrogens (tertiary/aromatic N) is 2. The number of aromatic nitrogens is 2. The van der Waals surface area contributed by atoms with Crippen molar-refractivity contribution in [3.63, 3.8) is 0 Å². The van der Waals surface area contributed by atoms with Gasteiger partial charge in [0.05, 0.1) is 0 Å². The van der Waals surface area contributed by atoms with E-state index in [0.29, 0.717) is 12.2 Å². The number of hydrogen-bond donors (Lipinski definition) is 1. The van der Waals surface area contributed by atoms with Crippen LogP contribution in [-0.4, -0.2) is 21.9 Å². The molecule has 0 spiro atoms. The standard InChI is InChI=1S/C13H13N3O3/c1-16-7-11(14-9-17)15-12(16)13(18)19-8-10-5-3-2-4-6-10/h2-7,9H,8H2,1H3,(H,14,17). The Hall–Kier alpha value is -2.63. The molecule has 1 aromatic carbocycles. The zero-order chi connectivity index (χ0) is 13.7. The van der Waals surface area contributed by atoms with Gasteiger partial charge in [0, 0.05) is 13.2 Å². The molecule has 0 unspecified atom stereocenters. The second kappa shape index (κ2) is 5.81. The number of carbonyl (C=O) groups excluding carboxylic acids is 2. The van der Waals surface area contributed by atoms with Crippen molar-refractivity contribution < 1.29 is 14.3 Å². The average Bonchev–Trinajstić information content (AvgIpc) is 2.79. The van der Waals surface area contributed by atoms with Gasteiger partial charge in [-0.2, -0.15) is 0 Å². The first-order chi connectivity index (χ1) is 9.20. The highest BCUT2D eigenvalue weighted by atomic mass is 16.5. The van der Waals surface area contributed by atoms with Crippen molar-refractivity contribution in [1.82, 2.24) is 9.55 Å². The number of anilines is 1. The first kappa shape index (κ1) is 12.8. The molecule has 2 rings (SSSR count). The summed E-state index contributed by atoms with van der Waals surface area (Å²) in [5, 5.41) is 2.38. The van der Waals surface area contributed by atoms with Gasteiger partial charge < -0.3 is 14.6 Å². The monoisotopic (exact) mass is 259 g/mol. The minimum atomic E-state index is -0.537. The lowest BCUT2D eigenvalue weighted by Crippen LogP contribution is -2.11. The van der Waals surface area contributed by atoms with Crippen LogP contribution in [0.2, 0.25) is 0 Å². The van der Waals surface area contributed by atoms with Gasteiger partial charge in [-0.25, -0.2) is 9.78 Å². The Morgan fingerprint density at radius 3 is 2.84 bits per heavy atom. The van der Waals surface area contributed by atoms with Gasteiger partial charge in [-0.15, -0.1) is 0 Å². The number of benzene rings is 1. The van der Waals surface area contributed by atoms with Crippen LogP contribution in [0, 0.1) is 0 Å². The summed E-state index contributed by atoms with van der Waals surface area (Å²) < 4.78 is 6.65. The van der Waals surface area contributed by atoms with Gasteiger partial charge in [-0.05, 0) is 5.56 Å². The molecule has 0 radical (unpaired) electrons. The Kier molecular flexibility index (Phi) is 3.92. The molecule has 6 heteroatoms. The summed E-state index contributed by atoms with van der Waals surface area (Å²) in [5.74, 6) is -0.0882. The Morgan fingerprint density at radius 1 is 1.42 bits per heavy atom. The van der Waals surface area contributed by atoms with E-state index in [-0.39, 0.29) is 12.4 Å². The topological polar surface area (TPSA) is 73.2 Å². The lowest BCUT2D eigenvalue weighted by Gasteiger charge is -2.04. The fraction of sp³-hybridized carbons (Fsp3) is 0.154. The molecule has 0 saturated heterocycles. The van der Waals surface area contributed by atoms with Crippen LogP contribution in [0.3, 0.4) is 0 Å². The van der Waals surface area contributed by atoms with E-state index in [1.54, 1.807) is 7.05 Å². The summed E-state index contributed by atoms with van der Waals surface area (Å²) in [6.07, 6.45) is 2.04. The molecular formula is C13H13N3O3. The molecule has 0 aliphatic heterocycles. The summed E-state index contributed by atoms with van der Waals surface area (Å²) in [5.41, 5.74) is 0.899. The molecular weight excluding hydrogens is 246 g/mol. The predicted molar refractivity (Wildman–Crippen MR) is 68.5 cm³/mol. The Balaban J connectivity index is 2.02. The van der Waals surface area contributed by atoms with Crippen LogP contribution in [0.15, 0.2) is 36.5 Å². The summed E-state index contributed by atoms with van der Waals surface area (Å²) in [6, 6.07) is 9.36. The molecule has 6 nitrogen and oxygen atoms in total. The number of hydrogen-bond acceptors (Lipinski definition) is 4. The van der Waals surface area contributed by atoms with Gasteiger partial charge in [0.1, 0.15) is 6.61 Å². The third kappa shape index (κ3) is 3.19. The van der Waals surface area contributed by atoms with Gasteiger partial charge in [0.25, 0.3) is 0 Å². The van der Waals surface area contributed by atoms with Crippen molar-refractivity contribution in [2.45, 2.75) is 6.61 Å². The lowest BCUT2D eigenvalue weighted by atomic mass is 10.2. The first-order valence-electron chi connectivity index (χ1n) is 5.65. The summed E-state index contributed by atoms with van der Waals surface area (Å²) in [4.78, 5) is 26.1. The highest BCUT2D eigenvalue weighted by Crippen LogP contribution is 2.09. The Morgan fingerprint density at radius 2 is 2.16 bits per heavy atom. The molecule has 19 heavy (non-hydrogen) atoms. The number of aryl methyl sites for hydroxylation is 1. The van der Waals surface area contributed by atoms with E-state index < -0.39 is 5.97 Å². The van der Waals surface area contributed by atoms with E-state index in [1.807, 2.05) is 30.3 Å². The molecule has 0 atom stereocenters.